The van der Waals surface area contributed by atoms with Crippen molar-refractivity contribution in [2.75, 3.05) is 17.3 Å². The number of imidazole rings is 1. The van der Waals surface area contributed by atoms with Gasteiger partial charge in [-0.3, -0.25) is 14.4 Å². The van der Waals surface area contributed by atoms with E-state index in [1.807, 2.05) is 11.6 Å². The van der Waals surface area contributed by atoms with Crippen LogP contribution >= 0.6 is 11.6 Å². The number of anilines is 3. The molecular formula is C27H29ClN10O2. The molecule has 1 fully saturated rings. The zero-order chi connectivity index (χ0) is 27.8. The van der Waals surface area contributed by atoms with E-state index in [0.29, 0.717) is 45.0 Å². The number of pyridine rings is 1. The van der Waals surface area contributed by atoms with Gasteiger partial charge in [0, 0.05) is 43.7 Å². The van der Waals surface area contributed by atoms with E-state index in [2.05, 4.69) is 50.0 Å². The van der Waals surface area contributed by atoms with Gasteiger partial charge in [0.15, 0.2) is 28.8 Å². The van der Waals surface area contributed by atoms with Crippen LogP contribution in [0, 0.1) is 5.92 Å². The standard InChI is InChI=1S/C27H29ClN10O2/c1-27(2)8-5-9-37-19(27)10-20(34-37)32-26-33-24-23(36(26)4)22(28)18(12-30-24)40-17-13-31-38-14-21(29-11-16(17)38)35(3)25(39)15-6-7-15/h10-15H,5-9H2,1-4H3,(H,30,32,33,34). The number of halogens is 1. The monoisotopic (exact) mass is 560 g/mol. The van der Waals surface area contributed by atoms with Gasteiger partial charge >= 0.3 is 0 Å². The molecule has 1 aliphatic heterocycles. The Morgan fingerprint density at radius 3 is 2.80 bits per heavy atom. The number of carbonyl (C=O) groups excluding carboxylic acids is 1. The number of hydrogen-bond donors (Lipinski definition) is 1. The zero-order valence-corrected chi connectivity index (χ0v) is 23.5. The number of aryl methyl sites for hydroxylation is 2. The second kappa shape index (κ2) is 8.91. The van der Waals surface area contributed by atoms with Gasteiger partial charge in [0.05, 0.1) is 24.8 Å². The number of nitrogens with one attached hydrogen (secondary N) is 1. The molecule has 0 unspecified atom stereocenters. The molecule has 5 aromatic heterocycles. The lowest BCUT2D eigenvalue weighted by Gasteiger charge is -2.30. The van der Waals surface area contributed by atoms with E-state index in [0.717, 1.165) is 38.0 Å². The van der Waals surface area contributed by atoms with Gasteiger partial charge in [-0.1, -0.05) is 25.4 Å². The molecule has 13 heteroatoms. The molecule has 0 aromatic carbocycles. The third kappa shape index (κ3) is 4.05. The summed E-state index contributed by atoms with van der Waals surface area (Å²) in [6.45, 7) is 5.40. The molecule has 206 valence electrons. The van der Waals surface area contributed by atoms with E-state index in [4.69, 9.17) is 21.4 Å². The van der Waals surface area contributed by atoms with Gasteiger partial charge in [-0.15, -0.1) is 0 Å². The molecule has 1 saturated carbocycles. The van der Waals surface area contributed by atoms with Gasteiger partial charge in [-0.25, -0.2) is 14.5 Å². The number of fused-ring (bicyclic) bond motifs is 3. The summed E-state index contributed by atoms with van der Waals surface area (Å²) >= 11 is 6.83. The Labute approximate surface area is 234 Å². The van der Waals surface area contributed by atoms with Crippen LogP contribution in [-0.4, -0.2) is 51.9 Å². The summed E-state index contributed by atoms with van der Waals surface area (Å²) in [6.07, 6.45) is 10.6. The van der Waals surface area contributed by atoms with Crippen molar-refractivity contribution >= 4 is 51.8 Å². The van der Waals surface area contributed by atoms with Crippen molar-refractivity contribution in [1.82, 2.24) is 38.9 Å². The summed E-state index contributed by atoms with van der Waals surface area (Å²) in [5.41, 5.74) is 3.03. The fourth-order valence-corrected chi connectivity index (χ4v) is 5.64. The van der Waals surface area contributed by atoms with Gasteiger partial charge in [0.25, 0.3) is 0 Å². The van der Waals surface area contributed by atoms with Crippen molar-refractivity contribution in [3.8, 4) is 11.5 Å². The molecule has 0 saturated heterocycles. The van der Waals surface area contributed by atoms with Crippen LogP contribution < -0.4 is 15.0 Å². The molecule has 0 bridgehead atoms. The predicted molar refractivity (Wildman–Crippen MR) is 150 cm³/mol. The van der Waals surface area contributed by atoms with Crippen molar-refractivity contribution in [2.45, 2.75) is 51.5 Å². The Morgan fingerprint density at radius 1 is 1.20 bits per heavy atom. The van der Waals surface area contributed by atoms with E-state index in [1.54, 1.807) is 41.3 Å². The summed E-state index contributed by atoms with van der Waals surface area (Å²) in [4.78, 5) is 27.6. The zero-order valence-electron chi connectivity index (χ0n) is 22.7. The Bertz CT molecular complexity index is 1800. The molecule has 2 aliphatic rings. The largest absolute Gasteiger partial charge is 0.450 e. The number of hydrogen-bond acceptors (Lipinski definition) is 8. The van der Waals surface area contributed by atoms with E-state index < -0.39 is 0 Å². The number of rotatable bonds is 6. The molecule has 1 aliphatic carbocycles. The second-order valence-electron chi connectivity index (χ2n) is 11.2. The minimum Gasteiger partial charge on any atom is -0.450 e. The topological polar surface area (TPSA) is 120 Å². The average Bonchev–Trinajstić information content (AvgIpc) is 3.46. The number of carbonyl (C=O) groups is 1. The molecule has 5 aromatic rings. The summed E-state index contributed by atoms with van der Waals surface area (Å²) in [5.74, 6) is 2.84. The first-order valence-electron chi connectivity index (χ1n) is 13.3. The first-order valence-corrected chi connectivity index (χ1v) is 13.7. The molecule has 0 atom stereocenters. The Hall–Kier alpha value is -4.19. The smallest absolute Gasteiger partial charge is 0.231 e. The molecule has 6 heterocycles. The summed E-state index contributed by atoms with van der Waals surface area (Å²) in [5, 5.41) is 12.8. The Morgan fingerprint density at radius 2 is 2.02 bits per heavy atom. The maximum absolute atomic E-state index is 12.4. The maximum Gasteiger partial charge on any atom is 0.231 e. The molecule has 0 radical (unpaired) electrons. The van der Waals surface area contributed by atoms with Gasteiger partial charge in [0.2, 0.25) is 11.9 Å². The number of nitrogens with zero attached hydrogens (tertiary/aromatic N) is 9. The van der Waals surface area contributed by atoms with E-state index >= 15 is 0 Å². The minimum atomic E-state index is 0.0722. The van der Waals surface area contributed by atoms with Crippen molar-refractivity contribution in [1.29, 1.82) is 0 Å². The lowest BCUT2D eigenvalue weighted by molar-refractivity contribution is -0.119. The van der Waals surface area contributed by atoms with Crippen molar-refractivity contribution < 1.29 is 9.53 Å². The van der Waals surface area contributed by atoms with Crippen LogP contribution in [0.4, 0.5) is 17.6 Å². The normalized spacial score (nSPS) is 16.3. The van der Waals surface area contributed by atoms with Crippen LogP contribution in [0.1, 0.15) is 45.2 Å². The van der Waals surface area contributed by atoms with E-state index in [1.165, 1.54) is 5.69 Å². The van der Waals surface area contributed by atoms with Crippen molar-refractivity contribution in [2.24, 2.45) is 13.0 Å². The molecule has 1 N–H and O–H groups in total. The van der Waals surface area contributed by atoms with Gasteiger partial charge < -0.3 is 14.6 Å². The predicted octanol–water partition coefficient (Wildman–Crippen LogP) is 4.84. The quantitative estimate of drug-likeness (QED) is 0.313. The van der Waals surface area contributed by atoms with Gasteiger partial charge in [-0.05, 0) is 25.7 Å². The number of amides is 1. The average molecular weight is 561 g/mol. The molecule has 0 spiro atoms. The van der Waals surface area contributed by atoms with Crippen LogP contribution in [0.3, 0.4) is 0 Å². The summed E-state index contributed by atoms with van der Waals surface area (Å²) < 4.78 is 11.7. The molecule has 1 amide bonds. The van der Waals surface area contributed by atoms with Crippen LogP contribution in [0.15, 0.2) is 30.9 Å². The third-order valence-corrected chi connectivity index (χ3v) is 8.23. The first-order chi connectivity index (χ1) is 19.2. The van der Waals surface area contributed by atoms with Crippen molar-refractivity contribution in [3.63, 3.8) is 0 Å². The van der Waals surface area contributed by atoms with Crippen molar-refractivity contribution in [3.05, 3.63) is 41.6 Å². The molecule has 7 rings (SSSR count). The SMILES string of the molecule is CN(C(=O)C1CC1)c1cn2ncc(Oc3cnc4nc(Nc5cc6n(n5)CCCC6(C)C)n(C)c4c3Cl)c2cn1. The van der Waals surface area contributed by atoms with Crippen LogP contribution in [0.2, 0.25) is 5.02 Å². The highest BCUT2D eigenvalue weighted by Crippen LogP contribution is 2.38. The highest BCUT2D eigenvalue weighted by atomic mass is 35.5. The van der Waals surface area contributed by atoms with E-state index in [9.17, 15) is 4.79 Å². The molecule has 12 nitrogen and oxygen atoms in total. The minimum absolute atomic E-state index is 0.0722. The van der Waals surface area contributed by atoms with Crippen LogP contribution in [0.25, 0.3) is 16.7 Å². The van der Waals surface area contributed by atoms with Gasteiger partial charge in [-0.2, -0.15) is 15.2 Å². The molecule has 40 heavy (non-hydrogen) atoms. The Balaban J connectivity index is 1.16. The van der Waals surface area contributed by atoms with Crippen LogP contribution in [0.5, 0.6) is 11.5 Å². The third-order valence-electron chi connectivity index (χ3n) is 7.87. The Kier molecular flexibility index (Phi) is 5.53. The summed E-state index contributed by atoms with van der Waals surface area (Å²) in [7, 11) is 3.60. The van der Waals surface area contributed by atoms with Gasteiger partial charge in [0.1, 0.15) is 16.1 Å². The van der Waals surface area contributed by atoms with Crippen LogP contribution in [-0.2, 0) is 23.8 Å². The number of ether oxygens (including phenoxy) is 1. The van der Waals surface area contributed by atoms with E-state index in [-0.39, 0.29) is 17.2 Å². The second-order valence-corrected chi connectivity index (χ2v) is 11.6. The maximum atomic E-state index is 12.4. The highest BCUT2D eigenvalue weighted by molar-refractivity contribution is 6.36. The fraction of sp³-hybridized carbons (Fsp3) is 0.407. The highest BCUT2D eigenvalue weighted by Gasteiger charge is 2.33. The molecular weight excluding hydrogens is 532 g/mol. The lowest BCUT2D eigenvalue weighted by atomic mass is 9.82. The summed E-state index contributed by atoms with van der Waals surface area (Å²) in [6, 6.07) is 2.09. The first kappa shape index (κ1) is 24.8. The lowest BCUT2D eigenvalue weighted by Crippen LogP contribution is -2.28. The number of aromatic nitrogens is 8. The fourth-order valence-electron chi connectivity index (χ4n) is 5.34.